The summed E-state index contributed by atoms with van der Waals surface area (Å²) in [6, 6.07) is -0.577. The van der Waals surface area contributed by atoms with Crippen molar-refractivity contribution in [1.29, 1.82) is 0 Å². The van der Waals surface area contributed by atoms with Crippen LogP contribution in [0.25, 0.3) is 0 Å². The Labute approximate surface area is 203 Å². The van der Waals surface area contributed by atoms with Crippen LogP contribution in [0, 0.1) is 0 Å². The van der Waals surface area contributed by atoms with Crippen LogP contribution in [-0.2, 0) is 14.3 Å². The molecule has 0 bridgehead atoms. The lowest BCUT2D eigenvalue weighted by molar-refractivity contribution is -0.145. The molecule has 0 rings (SSSR count). The number of ether oxygens (including phenoxy) is 1. The van der Waals surface area contributed by atoms with Gasteiger partial charge in [0.15, 0.2) is 0 Å². The van der Waals surface area contributed by atoms with Crippen LogP contribution in [0.2, 0.25) is 0 Å². The molecule has 6 heteroatoms. The van der Waals surface area contributed by atoms with Crippen LogP contribution in [0.4, 0.5) is 0 Å². The summed E-state index contributed by atoms with van der Waals surface area (Å²) in [5.74, 6) is -0.288. The zero-order chi connectivity index (χ0) is 24.4. The van der Waals surface area contributed by atoms with Crippen molar-refractivity contribution in [1.82, 2.24) is 5.32 Å². The first-order valence-electron chi connectivity index (χ1n) is 13.7. The molecule has 0 saturated carbocycles. The van der Waals surface area contributed by atoms with Gasteiger partial charge >= 0.3 is 5.97 Å². The molecule has 0 unspecified atom stereocenters. The fourth-order valence-corrected chi connectivity index (χ4v) is 3.65. The van der Waals surface area contributed by atoms with Gasteiger partial charge < -0.3 is 21.5 Å². The second-order valence-corrected chi connectivity index (χ2v) is 9.10. The van der Waals surface area contributed by atoms with Crippen LogP contribution in [-0.4, -0.2) is 37.6 Å². The lowest BCUT2D eigenvalue weighted by atomic mass is 10.1. The Kier molecular flexibility index (Phi) is 24.2. The molecular formula is C27H53N3O3. The maximum absolute atomic E-state index is 11.9. The molecule has 0 aliphatic rings. The molecule has 0 saturated heterocycles. The number of nitrogens with one attached hydrogen (secondary N) is 1. The lowest BCUT2D eigenvalue weighted by Gasteiger charge is -2.11. The second kappa shape index (κ2) is 25.2. The Morgan fingerprint density at radius 1 is 0.818 bits per heavy atom. The number of esters is 1. The van der Waals surface area contributed by atoms with Gasteiger partial charge in [0, 0.05) is 13.0 Å². The van der Waals surface area contributed by atoms with Crippen molar-refractivity contribution in [2.75, 3.05) is 19.7 Å². The van der Waals surface area contributed by atoms with E-state index in [2.05, 4.69) is 24.4 Å². The monoisotopic (exact) mass is 467 g/mol. The number of allylic oxidation sites excluding steroid dienone is 2. The average molecular weight is 468 g/mol. The number of carbonyl (C=O) groups is 2. The summed E-state index contributed by atoms with van der Waals surface area (Å²) in [6.45, 7) is 3.69. The van der Waals surface area contributed by atoms with Gasteiger partial charge in [-0.15, -0.1) is 0 Å². The van der Waals surface area contributed by atoms with E-state index in [0.717, 1.165) is 25.7 Å². The molecule has 0 aliphatic heterocycles. The number of amides is 1. The minimum atomic E-state index is -0.577. The summed E-state index contributed by atoms with van der Waals surface area (Å²) < 4.78 is 5.16. The van der Waals surface area contributed by atoms with E-state index in [4.69, 9.17) is 16.2 Å². The minimum absolute atomic E-state index is 0.0810. The van der Waals surface area contributed by atoms with Crippen molar-refractivity contribution in [2.45, 2.75) is 129 Å². The van der Waals surface area contributed by atoms with Gasteiger partial charge in [-0.3, -0.25) is 9.59 Å². The Morgan fingerprint density at radius 2 is 1.42 bits per heavy atom. The third-order valence-electron chi connectivity index (χ3n) is 5.83. The standard InChI is InChI=1S/C27H53N3O3/c1-2-3-4-5-6-7-8-9-10-11-12-13-14-15-16-21-26(31)30-23-19-24-33-27(32)25(29)20-17-18-22-28/h9-10,25H,2-8,11-24,28-29H2,1H3,(H,30,31)/b10-9-/t25-/m0/s1. The maximum atomic E-state index is 11.9. The van der Waals surface area contributed by atoms with Crippen LogP contribution in [0.1, 0.15) is 122 Å². The van der Waals surface area contributed by atoms with Gasteiger partial charge in [0.05, 0.1) is 6.61 Å². The van der Waals surface area contributed by atoms with Crippen LogP contribution in [0.5, 0.6) is 0 Å². The summed E-state index contributed by atoms with van der Waals surface area (Å²) in [4.78, 5) is 23.6. The highest BCUT2D eigenvalue weighted by Crippen LogP contribution is 2.10. The molecule has 1 amide bonds. The molecule has 194 valence electrons. The quantitative estimate of drug-likeness (QED) is 0.0982. The number of nitrogens with two attached hydrogens (primary N) is 2. The lowest BCUT2D eigenvalue weighted by Crippen LogP contribution is -2.33. The van der Waals surface area contributed by atoms with Gasteiger partial charge in [0.25, 0.3) is 0 Å². The minimum Gasteiger partial charge on any atom is -0.464 e. The first-order valence-corrected chi connectivity index (χ1v) is 13.7. The molecule has 0 aromatic carbocycles. The zero-order valence-electron chi connectivity index (χ0n) is 21.5. The zero-order valence-corrected chi connectivity index (χ0v) is 21.5. The number of carbonyl (C=O) groups excluding carboxylic acids is 2. The van der Waals surface area contributed by atoms with Gasteiger partial charge in [0.2, 0.25) is 5.91 Å². The van der Waals surface area contributed by atoms with E-state index in [1.54, 1.807) is 0 Å². The van der Waals surface area contributed by atoms with Gasteiger partial charge in [0.1, 0.15) is 6.04 Å². The SMILES string of the molecule is CCCCCCCC/C=C\CCCCCCCC(=O)NCCCOC(=O)[C@@H](N)CCCCN. The van der Waals surface area contributed by atoms with E-state index in [0.29, 0.717) is 32.4 Å². The molecule has 0 spiro atoms. The first-order chi connectivity index (χ1) is 16.1. The number of rotatable bonds is 24. The second-order valence-electron chi connectivity index (χ2n) is 9.10. The molecule has 6 nitrogen and oxygen atoms in total. The van der Waals surface area contributed by atoms with Gasteiger partial charge in [-0.2, -0.15) is 0 Å². The molecule has 0 fully saturated rings. The van der Waals surface area contributed by atoms with E-state index in [1.807, 2.05) is 0 Å². The predicted molar refractivity (Wildman–Crippen MR) is 139 cm³/mol. The molecule has 33 heavy (non-hydrogen) atoms. The molecule has 0 aromatic heterocycles. The molecule has 0 radical (unpaired) electrons. The van der Waals surface area contributed by atoms with Gasteiger partial charge in [-0.05, 0) is 57.9 Å². The molecule has 0 aromatic rings. The number of hydrogen-bond acceptors (Lipinski definition) is 5. The van der Waals surface area contributed by atoms with Crippen LogP contribution >= 0.6 is 0 Å². The highest BCUT2D eigenvalue weighted by Gasteiger charge is 2.14. The van der Waals surface area contributed by atoms with Crippen molar-refractivity contribution < 1.29 is 14.3 Å². The molecular weight excluding hydrogens is 414 g/mol. The Bertz CT molecular complexity index is 483. The summed E-state index contributed by atoms with van der Waals surface area (Å²) in [7, 11) is 0. The molecule has 0 heterocycles. The predicted octanol–water partition coefficient (Wildman–Crippen LogP) is 5.53. The third-order valence-corrected chi connectivity index (χ3v) is 5.83. The van der Waals surface area contributed by atoms with Crippen LogP contribution < -0.4 is 16.8 Å². The number of hydrogen-bond donors (Lipinski definition) is 3. The topological polar surface area (TPSA) is 107 Å². The van der Waals surface area contributed by atoms with Crippen LogP contribution in [0.15, 0.2) is 12.2 Å². The van der Waals surface area contributed by atoms with E-state index < -0.39 is 6.04 Å². The maximum Gasteiger partial charge on any atom is 0.322 e. The fraction of sp³-hybridized carbons (Fsp3) is 0.852. The Morgan fingerprint density at radius 3 is 2.06 bits per heavy atom. The Hall–Kier alpha value is -1.40. The molecule has 0 aliphatic carbocycles. The summed E-state index contributed by atoms with van der Waals surface area (Å²) >= 11 is 0. The Balaban J connectivity index is 3.38. The van der Waals surface area contributed by atoms with E-state index >= 15 is 0 Å². The molecule has 5 N–H and O–H groups in total. The summed E-state index contributed by atoms with van der Waals surface area (Å²) in [5, 5.41) is 2.89. The third kappa shape index (κ3) is 23.6. The van der Waals surface area contributed by atoms with Crippen molar-refractivity contribution >= 4 is 11.9 Å². The average Bonchev–Trinajstić information content (AvgIpc) is 2.81. The van der Waals surface area contributed by atoms with Crippen molar-refractivity contribution in [2.24, 2.45) is 11.5 Å². The number of unbranched alkanes of at least 4 members (excludes halogenated alkanes) is 12. The smallest absolute Gasteiger partial charge is 0.322 e. The van der Waals surface area contributed by atoms with Crippen molar-refractivity contribution in [3.05, 3.63) is 12.2 Å². The van der Waals surface area contributed by atoms with E-state index in [1.165, 1.54) is 70.6 Å². The summed E-state index contributed by atoms with van der Waals surface area (Å²) in [6.07, 6.45) is 24.5. The van der Waals surface area contributed by atoms with Gasteiger partial charge in [-0.25, -0.2) is 0 Å². The van der Waals surface area contributed by atoms with Gasteiger partial charge in [-0.1, -0.05) is 76.9 Å². The largest absolute Gasteiger partial charge is 0.464 e. The molecule has 1 atom stereocenters. The fourth-order valence-electron chi connectivity index (χ4n) is 3.65. The normalized spacial score (nSPS) is 12.2. The van der Waals surface area contributed by atoms with E-state index in [-0.39, 0.29) is 18.5 Å². The van der Waals surface area contributed by atoms with Crippen molar-refractivity contribution in [3.8, 4) is 0 Å². The highest BCUT2D eigenvalue weighted by molar-refractivity contribution is 5.76. The highest BCUT2D eigenvalue weighted by atomic mass is 16.5. The first kappa shape index (κ1) is 31.6. The van der Waals surface area contributed by atoms with E-state index in [9.17, 15) is 9.59 Å². The van der Waals surface area contributed by atoms with Crippen LogP contribution in [0.3, 0.4) is 0 Å². The van der Waals surface area contributed by atoms with Crippen molar-refractivity contribution in [3.63, 3.8) is 0 Å². The summed E-state index contributed by atoms with van der Waals surface area (Å²) in [5.41, 5.74) is 11.2.